The van der Waals surface area contributed by atoms with Crippen molar-refractivity contribution in [3.63, 3.8) is 0 Å². The number of ether oxygens (including phenoxy) is 6. The highest BCUT2D eigenvalue weighted by Gasteiger charge is 2.65. The number of carbonyl (C=O) groups excluding carboxylic acids is 3. The summed E-state index contributed by atoms with van der Waals surface area (Å²) >= 11 is 0. The van der Waals surface area contributed by atoms with Gasteiger partial charge in [-0.25, -0.2) is 32.4 Å². The molecule has 0 spiro atoms. The molecule has 2 rings (SSSR count). The van der Waals surface area contributed by atoms with Gasteiger partial charge in [0.25, 0.3) is 5.56 Å². The first-order valence-corrected chi connectivity index (χ1v) is 15.9. The number of nitrogens with one attached hydrogen (secondary N) is 1. The fraction of sp³-hybridized carbons (Fsp3) is 0.741. The summed E-state index contributed by atoms with van der Waals surface area (Å²) in [6.45, 7) is 7.21. The first kappa shape index (κ1) is 39.8. The van der Waals surface area contributed by atoms with E-state index in [1.807, 2.05) is 4.98 Å². The van der Waals surface area contributed by atoms with Crippen LogP contribution in [-0.2, 0) is 51.4 Å². The Morgan fingerprint density at radius 2 is 1.53 bits per heavy atom. The Morgan fingerprint density at radius 3 is 1.98 bits per heavy atom. The smallest absolute Gasteiger partial charge is 0.456 e. The lowest BCUT2D eigenvalue weighted by Crippen LogP contribution is -2.56. The highest BCUT2D eigenvalue weighted by atomic mass is 31.2. The van der Waals surface area contributed by atoms with Gasteiger partial charge in [-0.05, 0) is 40.5 Å². The van der Waals surface area contributed by atoms with Gasteiger partial charge in [-0.1, -0.05) is 20.8 Å². The zero-order valence-corrected chi connectivity index (χ0v) is 28.2. The average Bonchev–Trinajstić information content (AvgIpc) is 3.17. The van der Waals surface area contributed by atoms with Crippen molar-refractivity contribution in [3.8, 4) is 0 Å². The number of aromatic amines is 1. The van der Waals surface area contributed by atoms with Crippen LogP contribution in [0.15, 0.2) is 21.9 Å². The van der Waals surface area contributed by atoms with E-state index in [2.05, 4.69) is 9.47 Å². The van der Waals surface area contributed by atoms with Gasteiger partial charge < -0.3 is 33.5 Å². The fourth-order valence-electron chi connectivity index (χ4n) is 4.02. The van der Waals surface area contributed by atoms with Gasteiger partial charge in [0, 0.05) is 12.3 Å². The van der Waals surface area contributed by atoms with Gasteiger partial charge in [-0.2, -0.15) is 0 Å². The number of aromatic nitrogens is 2. The zero-order chi connectivity index (χ0) is 35.7. The highest BCUT2D eigenvalue weighted by Crippen LogP contribution is 2.53. The molecule has 2 heterocycles. The normalized spacial score (nSPS) is 23.5. The summed E-state index contributed by atoms with van der Waals surface area (Å²) in [6.07, 6.45) is -6.40. The predicted molar refractivity (Wildman–Crippen MR) is 156 cm³/mol. The maximum Gasteiger partial charge on any atom is 0.510 e. The third-order valence-electron chi connectivity index (χ3n) is 6.70. The van der Waals surface area contributed by atoms with E-state index >= 15 is 4.39 Å². The maximum absolute atomic E-state index is 15.1. The lowest BCUT2D eigenvalue weighted by atomic mass is 9.87. The molecule has 0 bridgehead atoms. The molecule has 0 aromatic carbocycles. The molecule has 47 heavy (non-hydrogen) atoms. The first-order valence-electron chi connectivity index (χ1n) is 14.5. The SMILES string of the molecule is CC(C)OC(=O)OCOP(=O)(OCOC(=O)OC(C)C)OC[C@@]1(CF)O[C@@H](n2ccc(=O)[nH]c2=O)[C@](C)(O)[C@@H]1OC(=O)[C@H](C)C(C)C. The van der Waals surface area contributed by atoms with Crippen molar-refractivity contribution in [3.05, 3.63) is 33.1 Å². The maximum atomic E-state index is 15.1. The molecule has 1 aliphatic heterocycles. The lowest BCUT2D eigenvalue weighted by molar-refractivity contribution is -0.180. The van der Waals surface area contributed by atoms with Gasteiger partial charge in [0.05, 0.1) is 24.7 Å². The van der Waals surface area contributed by atoms with Crippen LogP contribution in [-0.4, -0.2) is 89.3 Å². The van der Waals surface area contributed by atoms with Crippen molar-refractivity contribution >= 4 is 26.1 Å². The van der Waals surface area contributed by atoms with Crippen molar-refractivity contribution in [1.29, 1.82) is 0 Å². The van der Waals surface area contributed by atoms with Gasteiger partial charge in [-0.15, -0.1) is 0 Å². The van der Waals surface area contributed by atoms with E-state index in [9.17, 15) is 33.6 Å². The van der Waals surface area contributed by atoms with Crippen molar-refractivity contribution < 1.29 is 70.4 Å². The van der Waals surface area contributed by atoms with Gasteiger partial charge >= 0.3 is 31.8 Å². The molecule has 1 aliphatic rings. The van der Waals surface area contributed by atoms with Gasteiger partial charge in [0.15, 0.2) is 17.9 Å². The van der Waals surface area contributed by atoms with Gasteiger partial charge in [0.1, 0.15) is 12.3 Å². The number of aliphatic hydroxyl groups is 1. The molecule has 1 aromatic heterocycles. The van der Waals surface area contributed by atoms with Crippen LogP contribution in [0, 0.1) is 11.8 Å². The van der Waals surface area contributed by atoms with E-state index in [0.29, 0.717) is 0 Å². The minimum atomic E-state index is -5.00. The Morgan fingerprint density at radius 1 is 1.00 bits per heavy atom. The summed E-state index contributed by atoms with van der Waals surface area (Å²) in [5.74, 6) is -1.90. The quantitative estimate of drug-likeness (QED) is 0.109. The second-order valence-electron chi connectivity index (χ2n) is 11.6. The zero-order valence-electron chi connectivity index (χ0n) is 27.3. The molecule has 1 saturated heterocycles. The minimum Gasteiger partial charge on any atom is -0.456 e. The van der Waals surface area contributed by atoms with E-state index in [1.54, 1.807) is 13.8 Å². The van der Waals surface area contributed by atoms with Crippen LogP contribution in [0.2, 0.25) is 0 Å². The number of carbonyl (C=O) groups is 3. The molecule has 18 nitrogen and oxygen atoms in total. The second kappa shape index (κ2) is 16.7. The number of alkyl halides is 1. The Balaban J connectivity index is 2.46. The van der Waals surface area contributed by atoms with Crippen LogP contribution in [0.3, 0.4) is 0 Å². The van der Waals surface area contributed by atoms with Crippen molar-refractivity contribution in [1.82, 2.24) is 9.55 Å². The van der Waals surface area contributed by atoms with Crippen LogP contribution in [0.5, 0.6) is 0 Å². The molecule has 2 N–H and O–H groups in total. The van der Waals surface area contributed by atoms with Crippen LogP contribution >= 0.6 is 7.82 Å². The number of hydrogen-bond acceptors (Lipinski definition) is 16. The highest BCUT2D eigenvalue weighted by molar-refractivity contribution is 7.48. The predicted octanol–water partition coefficient (Wildman–Crippen LogP) is 2.92. The number of esters is 1. The lowest BCUT2D eigenvalue weighted by Gasteiger charge is -2.35. The van der Waals surface area contributed by atoms with Crippen LogP contribution in [0.25, 0.3) is 0 Å². The van der Waals surface area contributed by atoms with Gasteiger partial charge in [0.2, 0.25) is 13.6 Å². The van der Waals surface area contributed by atoms with E-state index in [4.69, 9.17) is 32.5 Å². The minimum absolute atomic E-state index is 0.254. The third kappa shape index (κ3) is 10.8. The van der Waals surface area contributed by atoms with E-state index in [0.717, 1.165) is 23.8 Å². The third-order valence-corrected chi connectivity index (χ3v) is 7.99. The van der Waals surface area contributed by atoms with Crippen molar-refractivity contribution in [2.45, 2.75) is 91.1 Å². The summed E-state index contributed by atoms with van der Waals surface area (Å²) in [7, 11) is -5.00. The molecule has 268 valence electrons. The number of nitrogens with zero attached hydrogens (tertiary/aromatic N) is 1. The number of hydrogen-bond donors (Lipinski definition) is 2. The van der Waals surface area contributed by atoms with Gasteiger partial charge in [-0.3, -0.25) is 23.7 Å². The molecule has 0 unspecified atom stereocenters. The molecular formula is C27H42FN2O16P. The Hall–Kier alpha value is -3.35. The Kier molecular flexibility index (Phi) is 14.1. The second-order valence-corrected chi connectivity index (χ2v) is 13.3. The summed E-state index contributed by atoms with van der Waals surface area (Å²) in [6, 6.07) is 0.930. The average molecular weight is 701 g/mol. The summed E-state index contributed by atoms with van der Waals surface area (Å²) in [4.78, 5) is 62.9. The summed E-state index contributed by atoms with van der Waals surface area (Å²) in [5.41, 5.74) is -6.74. The van der Waals surface area contributed by atoms with Crippen molar-refractivity contribution in [2.75, 3.05) is 26.9 Å². The molecule has 1 fully saturated rings. The number of phosphoric acid groups is 1. The number of rotatable bonds is 16. The Bertz CT molecular complexity index is 1360. The first-order chi connectivity index (χ1) is 21.8. The number of H-pyrrole nitrogens is 1. The molecule has 0 radical (unpaired) electrons. The monoisotopic (exact) mass is 700 g/mol. The van der Waals surface area contributed by atoms with Crippen molar-refractivity contribution in [2.24, 2.45) is 11.8 Å². The molecular weight excluding hydrogens is 658 g/mol. The van der Waals surface area contributed by atoms with E-state index in [1.165, 1.54) is 34.6 Å². The molecule has 0 saturated carbocycles. The number of phosphoric ester groups is 1. The molecule has 0 aliphatic carbocycles. The standard InChI is InChI=1S/C27H42FN2O16P/c1-15(2)18(7)20(32)45-21-26(8,36)22(30-10-9-19(31)29-23(30)33)46-27(21,11-28)12-40-47(37,41-13-38-24(34)43-16(3)4)42-14-39-25(35)44-17(5)6/h9-10,15-18,21-22,36H,11-14H2,1-8H3,(H,29,31,33)/t18-,21+,22-,26-,27-/m1/s1. The Labute approximate surface area is 269 Å². The topological polar surface area (TPSA) is 226 Å². The summed E-state index contributed by atoms with van der Waals surface area (Å²) < 4.78 is 75.0. The molecule has 5 atom stereocenters. The largest absolute Gasteiger partial charge is 0.510 e. The van der Waals surface area contributed by atoms with Crippen LogP contribution < -0.4 is 11.2 Å². The van der Waals surface area contributed by atoms with E-state index in [-0.39, 0.29) is 5.92 Å². The number of halogens is 1. The summed E-state index contributed by atoms with van der Waals surface area (Å²) in [5, 5.41) is 11.6. The molecule has 0 amide bonds. The van der Waals surface area contributed by atoms with Crippen LogP contribution in [0.4, 0.5) is 14.0 Å². The van der Waals surface area contributed by atoms with Crippen LogP contribution in [0.1, 0.15) is 61.6 Å². The van der Waals surface area contributed by atoms with E-state index < -0.39 is 106 Å². The molecule has 1 aromatic rings. The fourth-order valence-corrected chi connectivity index (χ4v) is 4.98. The molecule has 20 heteroatoms.